The Morgan fingerprint density at radius 3 is 1.39 bits per heavy atom. The van der Waals surface area contributed by atoms with Gasteiger partial charge in [-0.25, -0.2) is 0 Å². The van der Waals surface area contributed by atoms with E-state index in [2.05, 4.69) is 93.2 Å². The molecule has 3 heteroatoms. The van der Waals surface area contributed by atoms with E-state index in [4.69, 9.17) is 0 Å². The first-order valence-electron chi connectivity index (χ1n) is 9.27. The maximum atomic E-state index is 3.25. The Kier molecular flexibility index (Phi) is 12.6. The first-order valence-corrected chi connectivity index (χ1v) is 10.4. The zero-order valence-corrected chi connectivity index (χ0v) is 20.2. The predicted molar refractivity (Wildman–Crippen MR) is 114 cm³/mol. The maximum Gasteiger partial charge on any atom is -1.00 e. The number of hydrogen-bond donors (Lipinski definition) is 0. The van der Waals surface area contributed by atoms with Crippen molar-refractivity contribution in [2.75, 3.05) is 0 Å². The summed E-state index contributed by atoms with van der Waals surface area (Å²) in [4.78, 5) is 3.25. The van der Waals surface area contributed by atoms with E-state index in [1.165, 1.54) is 43.8 Å². The van der Waals surface area contributed by atoms with Crippen LogP contribution in [0, 0.1) is 13.8 Å². The molecule has 0 spiro atoms. The molecule has 0 aliphatic heterocycles. The van der Waals surface area contributed by atoms with Gasteiger partial charge >= 0.3 is 24.8 Å². The number of halogens is 2. The predicted octanol–water partition coefficient (Wildman–Crippen LogP) is 0.832. The van der Waals surface area contributed by atoms with Crippen LogP contribution in [-0.4, -0.2) is 4.82 Å². The summed E-state index contributed by atoms with van der Waals surface area (Å²) in [6.45, 7) is 8.72. The van der Waals surface area contributed by atoms with Crippen molar-refractivity contribution in [3.05, 3.63) is 82.9 Å². The minimum atomic E-state index is 0. The second-order valence-corrected chi connectivity index (χ2v) is 6.58. The molecule has 0 atom stereocenters. The van der Waals surface area contributed by atoms with Gasteiger partial charge in [0.25, 0.3) is 0 Å². The van der Waals surface area contributed by atoms with Crippen LogP contribution in [0.1, 0.15) is 36.1 Å². The molecule has 0 N–H and O–H groups in total. The van der Waals surface area contributed by atoms with E-state index in [1.807, 2.05) is 0 Å². The van der Waals surface area contributed by atoms with E-state index in [0.717, 1.165) is 12.8 Å². The van der Waals surface area contributed by atoms with Crippen LogP contribution in [0.15, 0.2) is 60.7 Å². The van der Waals surface area contributed by atoms with Crippen molar-refractivity contribution >= 4 is 26.4 Å². The van der Waals surface area contributed by atoms with Gasteiger partial charge in [-0.3, -0.25) is 0 Å². The summed E-state index contributed by atoms with van der Waals surface area (Å²) < 4.78 is 0. The SMILES string of the molecule is CCc1ccc2[cH-]cc(C)c2c1.CCc1ccc2[cH-]cc(C)c2c1.[CH2]=[Ti+2].[Cl-].[Cl-]. The van der Waals surface area contributed by atoms with Crippen LogP contribution in [0.4, 0.5) is 0 Å². The van der Waals surface area contributed by atoms with Crippen molar-refractivity contribution in [2.45, 2.75) is 40.5 Å². The molecule has 0 aliphatic carbocycles. The van der Waals surface area contributed by atoms with Crippen molar-refractivity contribution < 1.29 is 44.8 Å². The molecule has 0 saturated heterocycles. The largest absolute Gasteiger partial charge is 1.00 e. The topological polar surface area (TPSA) is 0 Å². The smallest absolute Gasteiger partial charge is 1.00 e. The minimum Gasteiger partial charge on any atom is -1.00 e. The first-order chi connectivity index (χ1) is 12.6. The maximum absolute atomic E-state index is 3.25. The molecule has 0 aliphatic rings. The quantitative estimate of drug-likeness (QED) is 0.316. The molecule has 0 amide bonds. The fourth-order valence-electron chi connectivity index (χ4n) is 3.23. The van der Waals surface area contributed by atoms with Gasteiger partial charge in [0.15, 0.2) is 0 Å². The van der Waals surface area contributed by atoms with Crippen LogP contribution in [0.3, 0.4) is 0 Å². The minimum absolute atomic E-state index is 0. The number of fused-ring (bicyclic) bond motifs is 2. The Bertz CT molecular complexity index is 899. The summed E-state index contributed by atoms with van der Waals surface area (Å²) >= 11 is 1.75. The summed E-state index contributed by atoms with van der Waals surface area (Å²) in [5.74, 6) is 0. The van der Waals surface area contributed by atoms with E-state index in [-0.39, 0.29) is 24.8 Å². The third-order valence-electron chi connectivity index (χ3n) is 4.93. The van der Waals surface area contributed by atoms with Gasteiger partial charge in [-0.2, -0.15) is 23.3 Å². The fourth-order valence-corrected chi connectivity index (χ4v) is 3.23. The molecular weight excluding hydrogens is 419 g/mol. The molecule has 0 unspecified atom stereocenters. The molecule has 28 heavy (non-hydrogen) atoms. The van der Waals surface area contributed by atoms with Gasteiger partial charge in [0.05, 0.1) is 0 Å². The van der Waals surface area contributed by atoms with Crippen LogP contribution >= 0.6 is 0 Å². The molecule has 0 radical (unpaired) electrons. The van der Waals surface area contributed by atoms with Gasteiger partial charge in [-0.05, 0) is 12.8 Å². The zero-order chi connectivity index (χ0) is 19.1. The Labute approximate surface area is 193 Å². The van der Waals surface area contributed by atoms with Crippen molar-refractivity contribution in [1.29, 1.82) is 0 Å². The average molecular weight is 447 g/mol. The van der Waals surface area contributed by atoms with Crippen LogP contribution < -0.4 is 24.8 Å². The monoisotopic (exact) mass is 446 g/mol. The molecule has 4 aromatic rings. The first kappa shape index (κ1) is 26.8. The summed E-state index contributed by atoms with van der Waals surface area (Å²) in [5.41, 5.74) is 5.63. The molecule has 4 aromatic carbocycles. The number of benzene rings is 2. The van der Waals surface area contributed by atoms with Crippen molar-refractivity contribution in [3.63, 3.8) is 0 Å². The van der Waals surface area contributed by atoms with Gasteiger partial charge in [0, 0.05) is 0 Å². The molecule has 0 aromatic heterocycles. The van der Waals surface area contributed by atoms with Crippen molar-refractivity contribution in [2.24, 2.45) is 0 Å². The Morgan fingerprint density at radius 2 is 1.07 bits per heavy atom. The third-order valence-corrected chi connectivity index (χ3v) is 4.93. The number of rotatable bonds is 2. The van der Waals surface area contributed by atoms with E-state index in [1.54, 1.807) is 20.0 Å². The number of hydrogen-bond acceptors (Lipinski definition) is 0. The van der Waals surface area contributed by atoms with Crippen LogP contribution in [-0.2, 0) is 32.8 Å². The Morgan fingerprint density at radius 1 is 0.714 bits per heavy atom. The summed E-state index contributed by atoms with van der Waals surface area (Å²) in [7, 11) is 0. The molecule has 148 valence electrons. The summed E-state index contributed by atoms with van der Waals surface area (Å²) in [6.07, 6.45) is 2.25. The molecule has 0 fully saturated rings. The van der Waals surface area contributed by atoms with E-state index < -0.39 is 0 Å². The fraction of sp³-hybridized carbons (Fsp3) is 0.240. The standard InChI is InChI=1S/2C12H13.CH2.2ClH.Ti/c2*1-3-10-5-7-11-6-4-9(2)12(11)8-10;;;;/h2*4-8H,3H2,1-2H3;1H2;2*1H;/q2*-1;;;;+2/p-2. The van der Waals surface area contributed by atoms with Crippen LogP contribution in [0.5, 0.6) is 0 Å². The van der Waals surface area contributed by atoms with E-state index in [9.17, 15) is 0 Å². The summed E-state index contributed by atoms with van der Waals surface area (Å²) in [5, 5.41) is 5.55. The van der Waals surface area contributed by atoms with Crippen molar-refractivity contribution in [3.8, 4) is 0 Å². The molecule has 0 heterocycles. The number of aryl methyl sites for hydroxylation is 4. The Hall–Kier alpha value is -1.18. The van der Waals surface area contributed by atoms with E-state index in [0.29, 0.717) is 0 Å². The molecule has 0 nitrogen and oxygen atoms in total. The molecule has 0 bridgehead atoms. The zero-order valence-electron chi connectivity index (χ0n) is 17.2. The van der Waals surface area contributed by atoms with Gasteiger partial charge in [-0.15, -0.1) is 70.1 Å². The van der Waals surface area contributed by atoms with Crippen LogP contribution in [0.2, 0.25) is 0 Å². The van der Waals surface area contributed by atoms with E-state index >= 15 is 0 Å². The molecule has 0 saturated carbocycles. The van der Waals surface area contributed by atoms with Crippen molar-refractivity contribution in [1.82, 2.24) is 0 Å². The average Bonchev–Trinajstić information content (AvgIpc) is 3.26. The van der Waals surface area contributed by atoms with Gasteiger partial charge in [0.2, 0.25) is 0 Å². The second kappa shape index (κ2) is 13.1. The normalized spacial score (nSPS) is 9.50. The Balaban J connectivity index is 0.000000449. The van der Waals surface area contributed by atoms with Gasteiger partial charge < -0.3 is 24.8 Å². The molecular formula is C25H28Cl2Ti-2. The second-order valence-electron chi connectivity index (χ2n) is 6.58. The van der Waals surface area contributed by atoms with Gasteiger partial charge in [-0.1, -0.05) is 38.8 Å². The summed E-state index contributed by atoms with van der Waals surface area (Å²) in [6, 6.07) is 22.2. The molecule has 4 rings (SSSR count). The third kappa shape index (κ3) is 6.43. The van der Waals surface area contributed by atoms with Gasteiger partial charge in [0.1, 0.15) is 0 Å². The van der Waals surface area contributed by atoms with Crippen LogP contribution in [0.25, 0.3) is 21.5 Å².